The largest absolute Gasteiger partial charge is 0.456 e. The molecule has 0 aliphatic carbocycles. The van der Waals surface area contributed by atoms with E-state index in [1.165, 1.54) is 18.2 Å². The van der Waals surface area contributed by atoms with E-state index in [2.05, 4.69) is 9.44 Å². The van der Waals surface area contributed by atoms with Gasteiger partial charge in [0, 0.05) is 11.4 Å². The Labute approximate surface area is 205 Å². The highest BCUT2D eigenvalue weighted by molar-refractivity contribution is 7.95. The quantitative estimate of drug-likeness (QED) is 0.318. The lowest BCUT2D eigenvalue weighted by atomic mass is 10.2. The maximum absolute atomic E-state index is 13.6. The number of benzene rings is 4. The molecule has 4 rings (SSSR count). The topological polar surface area (TPSA) is 102 Å². The third-order valence-electron chi connectivity index (χ3n) is 5.01. The van der Waals surface area contributed by atoms with E-state index in [4.69, 9.17) is 4.74 Å². The van der Waals surface area contributed by atoms with Gasteiger partial charge in [0.25, 0.3) is 20.0 Å². The predicted molar refractivity (Wildman–Crippen MR) is 137 cm³/mol. The van der Waals surface area contributed by atoms with Crippen molar-refractivity contribution >= 4 is 31.4 Å². The Morgan fingerprint density at radius 1 is 0.600 bits per heavy atom. The van der Waals surface area contributed by atoms with Crippen LogP contribution in [0.25, 0.3) is 0 Å². The minimum atomic E-state index is -4.39. The average molecular weight is 509 g/mol. The van der Waals surface area contributed by atoms with E-state index in [1.54, 1.807) is 66.7 Å². The van der Waals surface area contributed by atoms with E-state index >= 15 is 0 Å². The Bertz CT molecular complexity index is 1570. The summed E-state index contributed by atoms with van der Waals surface area (Å²) in [5, 5.41) is 0. The minimum absolute atomic E-state index is 0.122. The molecule has 7 nitrogen and oxygen atoms in total. The molecule has 0 aliphatic heterocycles. The van der Waals surface area contributed by atoms with Crippen molar-refractivity contribution in [1.29, 1.82) is 0 Å². The van der Waals surface area contributed by atoms with Crippen molar-refractivity contribution in [3.8, 4) is 11.5 Å². The van der Waals surface area contributed by atoms with Crippen LogP contribution in [0.2, 0.25) is 0 Å². The summed E-state index contributed by atoms with van der Waals surface area (Å²) in [6, 6.07) is 26.2. The number of hydrogen-bond donors (Lipinski definition) is 2. The van der Waals surface area contributed by atoms with E-state index in [0.717, 1.165) is 11.1 Å². The molecule has 0 bridgehead atoms. The van der Waals surface area contributed by atoms with Gasteiger partial charge < -0.3 is 4.74 Å². The molecule has 0 amide bonds. The molecule has 0 saturated heterocycles. The summed E-state index contributed by atoms with van der Waals surface area (Å²) in [6.07, 6.45) is 0. The van der Waals surface area contributed by atoms with Gasteiger partial charge in [0.2, 0.25) is 0 Å². The van der Waals surface area contributed by atoms with Gasteiger partial charge in [0.05, 0.1) is 0 Å². The van der Waals surface area contributed by atoms with Crippen molar-refractivity contribution < 1.29 is 21.6 Å². The Hall–Kier alpha value is -3.82. The third kappa shape index (κ3) is 5.82. The van der Waals surface area contributed by atoms with Crippen molar-refractivity contribution in [2.45, 2.75) is 23.6 Å². The Kier molecular flexibility index (Phi) is 6.81. The van der Waals surface area contributed by atoms with Crippen molar-refractivity contribution in [2.24, 2.45) is 0 Å². The molecule has 0 heterocycles. The molecule has 0 spiro atoms. The lowest BCUT2D eigenvalue weighted by molar-refractivity contribution is 0.463. The van der Waals surface area contributed by atoms with Crippen LogP contribution in [0.5, 0.6) is 11.5 Å². The molecule has 0 aliphatic rings. The molecule has 9 heteroatoms. The number of sulfonamides is 2. The fourth-order valence-electron chi connectivity index (χ4n) is 3.50. The maximum atomic E-state index is 13.6. The lowest BCUT2D eigenvalue weighted by Gasteiger charge is -2.18. The van der Waals surface area contributed by atoms with Gasteiger partial charge in [-0.25, -0.2) is 16.8 Å². The van der Waals surface area contributed by atoms with Crippen molar-refractivity contribution in [3.63, 3.8) is 0 Å². The zero-order valence-electron chi connectivity index (χ0n) is 19.1. The molecular weight excluding hydrogens is 484 g/mol. The molecule has 0 saturated carbocycles. The van der Waals surface area contributed by atoms with Crippen LogP contribution in [0.1, 0.15) is 11.1 Å². The second-order valence-corrected chi connectivity index (χ2v) is 11.2. The highest BCUT2D eigenvalue weighted by Gasteiger charge is 2.31. The van der Waals surface area contributed by atoms with Crippen LogP contribution >= 0.6 is 0 Å². The van der Waals surface area contributed by atoms with E-state index in [9.17, 15) is 16.8 Å². The van der Waals surface area contributed by atoms with E-state index in [1.807, 2.05) is 26.0 Å². The second-order valence-electron chi connectivity index (χ2n) is 7.95. The summed E-state index contributed by atoms with van der Waals surface area (Å²) in [7, 11) is -8.70. The summed E-state index contributed by atoms with van der Waals surface area (Å²) in [5.41, 5.74) is 2.30. The van der Waals surface area contributed by atoms with Gasteiger partial charge in [-0.1, -0.05) is 48.5 Å². The standard InChI is InChI=1S/C26H24N2O5S2/c1-19-9-6-11-21(17-19)27-34(29,30)25-16-8-15-24(33-23-13-4-3-5-14-23)26(25)35(31,32)28-22-12-7-10-20(2)18-22/h3-18,27-28H,1-2H3. The molecule has 0 fully saturated rings. The summed E-state index contributed by atoms with van der Waals surface area (Å²) in [4.78, 5) is -0.932. The molecule has 2 N–H and O–H groups in total. The number of nitrogens with one attached hydrogen (secondary N) is 2. The monoisotopic (exact) mass is 508 g/mol. The zero-order chi connectivity index (χ0) is 25.1. The number of ether oxygens (including phenoxy) is 1. The Morgan fingerprint density at radius 2 is 1.14 bits per heavy atom. The van der Waals surface area contributed by atoms with E-state index in [0.29, 0.717) is 17.1 Å². The fraction of sp³-hybridized carbons (Fsp3) is 0.0769. The van der Waals surface area contributed by atoms with Crippen LogP contribution in [0, 0.1) is 13.8 Å². The van der Waals surface area contributed by atoms with E-state index < -0.39 is 29.8 Å². The third-order valence-corrected chi connectivity index (χ3v) is 8.03. The Morgan fingerprint density at radius 3 is 1.71 bits per heavy atom. The molecule has 0 atom stereocenters. The second kappa shape index (κ2) is 9.81. The van der Waals surface area contributed by atoms with Gasteiger partial charge in [-0.3, -0.25) is 9.44 Å². The van der Waals surface area contributed by atoms with Crippen LogP contribution in [0.3, 0.4) is 0 Å². The summed E-state index contributed by atoms with van der Waals surface area (Å²) in [6.45, 7) is 3.65. The molecule has 0 radical (unpaired) electrons. The van der Waals surface area contributed by atoms with Crippen LogP contribution in [-0.4, -0.2) is 16.8 Å². The van der Waals surface area contributed by atoms with Crippen molar-refractivity contribution in [3.05, 3.63) is 108 Å². The molecule has 4 aromatic carbocycles. The summed E-state index contributed by atoms with van der Waals surface area (Å²) >= 11 is 0. The number of para-hydroxylation sites is 1. The molecule has 180 valence electrons. The van der Waals surface area contributed by atoms with Gasteiger partial charge in [0.15, 0.2) is 4.90 Å². The highest BCUT2D eigenvalue weighted by atomic mass is 32.2. The molecular formula is C26H24N2O5S2. The van der Waals surface area contributed by atoms with Gasteiger partial charge in [-0.2, -0.15) is 0 Å². The van der Waals surface area contributed by atoms with Crippen LogP contribution in [0.15, 0.2) is 107 Å². The highest BCUT2D eigenvalue weighted by Crippen LogP contribution is 2.36. The normalized spacial score (nSPS) is 11.6. The van der Waals surface area contributed by atoms with Crippen molar-refractivity contribution in [2.75, 3.05) is 9.44 Å². The van der Waals surface area contributed by atoms with E-state index in [-0.39, 0.29) is 5.75 Å². The van der Waals surface area contributed by atoms with Crippen molar-refractivity contribution in [1.82, 2.24) is 0 Å². The van der Waals surface area contributed by atoms with Gasteiger partial charge in [0.1, 0.15) is 16.4 Å². The number of anilines is 2. The van der Waals surface area contributed by atoms with Crippen LogP contribution in [-0.2, 0) is 20.0 Å². The molecule has 0 aromatic heterocycles. The summed E-state index contributed by atoms with van der Waals surface area (Å²) in [5.74, 6) is 0.240. The number of hydrogen-bond acceptors (Lipinski definition) is 5. The lowest BCUT2D eigenvalue weighted by Crippen LogP contribution is -2.21. The number of rotatable bonds is 8. The van der Waals surface area contributed by atoms with Gasteiger partial charge >= 0.3 is 0 Å². The fourth-order valence-corrected chi connectivity index (χ4v) is 6.56. The SMILES string of the molecule is Cc1cccc(NS(=O)(=O)c2cccc(Oc3ccccc3)c2S(=O)(=O)Nc2cccc(C)c2)c1. The predicted octanol–water partition coefficient (Wildman–Crippen LogP) is 5.70. The van der Waals surface area contributed by atoms with Crippen LogP contribution in [0.4, 0.5) is 11.4 Å². The number of aryl methyl sites for hydroxylation is 2. The van der Waals surface area contributed by atoms with Crippen LogP contribution < -0.4 is 14.2 Å². The zero-order valence-corrected chi connectivity index (χ0v) is 20.7. The molecule has 0 unspecified atom stereocenters. The average Bonchev–Trinajstić information content (AvgIpc) is 2.79. The minimum Gasteiger partial charge on any atom is -0.456 e. The summed E-state index contributed by atoms with van der Waals surface area (Å²) < 4.78 is 64.9. The first-order valence-electron chi connectivity index (χ1n) is 10.7. The smallest absolute Gasteiger partial charge is 0.267 e. The van der Waals surface area contributed by atoms with Gasteiger partial charge in [-0.05, 0) is 73.5 Å². The van der Waals surface area contributed by atoms with Gasteiger partial charge in [-0.15, -0.1) is 0 Å². The molecule has 35 heavy (non-hydrogen) atoms. The Balaban J connectivity index is 1.85. The first kappa shape index (κ1) is 24.3. The first-order chi connectivity index (χ1) is 16.6. The maximum Gasteiger partial charge on any atom is 0.267 e. The first-order valence-corrected chi connectivity index (χ1v) is 13.7. The molecule has 4 aromatic rings.